The van der Waals surface area contributed by atoms with Crippen molar-refractivity contribution in [3.05, 3.63) is 35.7 Å². The zero-order valence-corrected chi connectivity index (χ0v) is 9.54. The first-order valence-electron chi connectivity index (χ1n) is 5.11. The van der Waals surface area contributed by atoms with E-state index in [0.29, 0.717) is 23.8 Å². The topological polar surface area (TPSA) is 42.7 Å². The van der Waals surface area contributed by atoms with Crippen LogP contribution in [0, 0.1) is 11.6 Å². The van der Waals surface area contributed by atoms with Crippen molar-refractivity contribution in [3.8, 4) is 11.4 Å². The maximum Gasteiger partial charge on any atom is 0.165 e. The van der Waals surface area contributed by atoms with Crippen molar-refractivity contribution in [2.45, 2.75) is 6.54 Å². The number of rotatable bonds is 3. The lowest BCUT2D eigenvalue weighted by atomic mass is 10.2. The molecule has 1 aromatic carbocycles. The SMILES string of the molecule is CNCc1nc(-c2ccc(F)c(F)c2)n(C)n1. The van der Waals surface area contributed by atoms with Crippen LogP contribution in [0.3, 0.4) is 0 Å². The minimum Gasteiger partial charge on any atom is -0.313 e. The molecule has 1 N–H and O–H groups in total. The molecule has 1 heterocycles. The van der Waals surface area contributed by atoms with E-state index in [1.807, 2.05) is 0 Å². The molecule has 6 heteroatoms. The van der Waals surface area contributed by atoms with Crippen molar-refractivity contribution in [1.29, 1.82) is 0 Å². The molecule has 0 unspecified atom stereocenters. The lowest BCUT2D eigenvalue weighted by Crippen LogP contribution is -2.06. The highest BCUT2D eigenvalue weighted by atomic mass is 19.2. The maximum absolute atomic E-state index is 13.1. The Kier molecular flexibility index (Phi) is 3.14. The number of aryl methyl sites for hydroxylation is 1. The lowest BCUT2D eigenvalue weighted by molar-refractivity contribution is 0.509. The fraction of sp³-hybridized carbons (Fsp3) is 0.273. The Hall–Kier alpha value is -1.82. The standard InChI is InChI=1S/C11H12F2N4/c1-14-6-10-15-11(17(2)16-10)7-3-4-8(12)9(13)5-7/h3-5,14H,6H2,1-2H3. The summed E-state index contributed by atoms with van der Waals surface area (Å²) >= 11 is 0. The third-order valence-corrected chi connectivity index (χ3v) is 2.32. The van der Waals surface area contributed by atoms with Gasteiger partial charge in [0.15, 0.2) is 23.3 Å². The number of nitrogens with zero attached hydrogens (tertiary/aromatic N) is 3. The molecular weight excluding hydrogens is 226 g/mol. The second kappa shape index (κ2) is 4.58. The summed E-state index contributed by atoms with van der Waals surface area (Å²) < 4.78 is 27.5. The zero-order valence-electron chi connectivity index (χ0n) is 9.54. The van der Waals surface area contributed by atoms with Gasteiger partial charge in [0.05, 0.1) is 6.54 Å². The smallest absolute Gasteiger partial charge is 0.165 e. The van der Waals surface area contributed by atoms with Gasteiger partial charge in [0.1, 0.15) is 0 Å². The monoisotopic (exact) mass is 238 g/mol. The van der Waals surface area contributed by atoms with Crippen LogP contribution < -0.4 is 5.32 Å². The van der Waals surface area contributed by atoms with Crippen molar-refractivity contribution >= 4 is 0 Å². The van der Waals surface area contributed by atoms with Gasteiger partial charge in [-0.2, -0.15) is 5.10 Å². The van der Waals surface area contributed by atoms with E-state index in [2.05, 4.69) is 15.4 Å². The van der Waals surface area contributed by atoms with Gasteiger partial charge in [-0.3, -0.25) is 0 Å². The Morgan fingerprint density at radius 3 is 2.71 bits per heavy atom. The number of hydrogen-bond donors (Lipinski definition) is 1. The van der Waals surface area contributed by atoms with Gasteiger partial charge in [-0.1, -0.05) is 0 Å². The van der Waals surface area contributed by atoms with Crippen molar-refractivity contribution in [1.82, 2.24) is 20.1 Å². The van der Waals surface area contributed by atoms with Crippen LogP contribution in [0.2, 0.25) is 0 Å². The molecule has 0 aliphatic heterocycles. The third-order valence-electron chi connectivity index (χ3n) is 2.32. The van der Waals surface area contributed by atoms with E-state index >= 15 is 0 Å². The molecular formula is C11H12F2N4. The van der Waals surface area contributed by atoms with Gasteiger partial charge in [0.2, 0.25) is 0 Å². The van der Waals surface area contributed by atoms with E-state index < -0.39 is 11.6 Å². The van der Waals surface area contributed by atoms with Crippen LogP contribution >= 0.6 is 0 Å². The number of benzene rings is 1. The molecule has 0 saturated carbocycles. The molecule has 0 radical (unpaired) electrons. The summed E-state index contributed by atoms with van der Waals surface area (Å²) in [6.07, 6.45) is 0. The summed E-state index contributed by atoms with van der Waals surface area (Å²) in [5, 5.41) is 7.08. The van der Waals surface area contributed by atoms with Crippen molar-refractivity contribution in [3.63, 3.8) is 0 Å². The highest BCUT2D eigenvalue weighted by Gasteiger charge is 2.11. The number of nitrogens with one attached hydrogen (secondary N) is 1. The van der Waals surface area contributed by atoms with Gasteiger partial charge in [0.25, 0.3) is 0 Å². The van der Waals surface area contributed by atoms with Gasteiger partial charge < -0.3 is 5.32 Å². The zero-order chi connectivity index (χ0) is 12.4. The highest BCUT2D eigenvalue weighted by Crippen LogP contribution is 2.19. The molecule has 4 nitrogen and oxygen atoms in total. The van der Waals surface area contributed by atoms with Crippen molar-refractivity contribution in [2.75, 3.05) is 7.05 Å². The first-order chi connectivity index (χ1) is 8.11. The second-order valence-electron chi connectivity index (χ2n) is 3.63. The van der Waals surface area contributed by atoms with Crippen LogP contribution in [0.4, 0.5) is 8.78 Å². The molecule has 1 aromatic heterocycles. The minimum atomic E-state index is -0.888. The molecule has 0 aliphatic carbocycles. The largest absolute Gasteiger partial charge is 0.313 e. The predicted molar refractivity (Wildman–Crippen MR) is 59.1 cm³/mol. The number of aromatic nitrogens is 3. The van der Waals surface area contributed by atoms with Crippen LogP contribution in [0.5, 0.6) is 0 Å². The quantitative estimate of drug-likeness (QED) is 0.880. The van der Waals surface area contributed by atoms with Crippen molar-refractivity contribution < 1.29 is 8.78 Å². The van der Waals surface area contributed by atoms with Gasteiger partial charge in [-0.25, -0.2) is 18.4 Å². The summed E-state index contributed by atoms with van der Waals surface area (Å²) in [7, 11) is 3.50. The second-order valence-corrected chi connectivity index (χ2v) is 3.63. The van der Waals surface area contributed by atoms with E-state index in [4.69, 9.17) is 0 Å². The molecule has 0 bridgehead atoms. The normalized spacial score (nSPS) is 10.8. The van der Waals surface area contributed by atoms with Crippen LogP contribution in [0.1, 0.15) is 5.82 Å². The van der Waals surface area contributed by atoms with Gasteiger partial charge in [0, 0.05) is 12.6 Å². The highest BCUT2D eigenvalue weighted by molar-refractivity contribution is 5.55. The molecule has 2 aromatic rings. The lowest BCUT2D eigenvalue weighted by Gasteiger charge is -2.00. The summed E-state index contributed by atoms with van der Waals surface area (Å²) in [5.74, 6) is -0.643. The Balaban J connectivity index is 2.41. The van der Waals surface area contributed by atoms with Crippen LogP contribution in [0.15, 0.2) is 18.2 Å². The van der Waals surface area contributed by atoms with E-state index in [-0.39, 0.29) is 0 Å². The summed E-state index contributed by atoms with van der Waals surface area (Å²) in [4.78, 5) is 4.24. The average Bonchev–Trinajstić information content (AvgIpc) is 2.64. The molecule has 0 aliphatic rings. The summed E-state index contributed by atoms with van der Waals surface area (Å²) in [5.41, 5.74) is 0.501. The first kappa shape index (κ1) is 11.7. The maximum atomic E-state index is 13.1. The number of halogens is 2. The molecule has 90 valence electrons. The van der Waals surface area contributed by atoms with Gasteiger partial charge >= 0.3 is 0 Å². The molecule has 0 fully saturated rings. The van der Waals surface area contributed by atoms with Crippen LogP contribution in [0.25, 0.3) is 11.4 Å². The van der Waals surface area contributed by atoms with E-state index in [1.165, 1.54) is 6.07 Å². The van der Waals surface area contributed by atoms with E-state index in [9.17, 15) is 8.78 Å². The Morgan fingerprint density at radius 2 is 2.06 bits per heavy atom. The first-order valence-corrected chi connectivity index (χ1v) is 5.11. The predicted octanol–water partition coefficient (Wildman–Crippen LogP) is 1.48. The molecule has 0 amide bonds. The molecule has 2 rings (SSSR count). The fourth-order valence-electron chi connectivity index (χ4n) is 1.56. The van der Waals surface area contributed by atoms with E-state index in [0.717, 1.165) is 12.1 Å². The number of hydrogen-bond acceptors (Lipinski definition) is 3. The third kappa shape index (κ3) is 2.31. The van der Waals surface area contributed by atoms with Crippen LogP contribution in [-0.4, -0.2) is 21.8 Å². The summed E-state index contributed by atoms with van der Waals surface area (Å²) in [6.45, 7) is 0.525. The van der Waals surface area contributed by atoms with Gasteiger partial charge in [-0.05, 0) is 25.2 Å². The Labute approximate surface area is 97.3 Å². The van der Waals surface area contributed by atoms with Crippen molar-refractivity contribution in [2.24, 2.45) is 7.05 Å². The minimum absolute atomic E-state index is 0.501. The average molecular weight is 238 g/mol. The molecule has 17 heavy (non-hydrogen) atoms. The Bertz CT molecular complexity index is 536. The molecule has 0 spiro atoms. The summed E-state index contributed by atoms with van der Waals surface area (Å²) in [6, 6.07) is 3.67. The van der Waals surface area contributed by atoms with E-state index in [1.54, 1.807) is 18.8 Å². The molecule has 0 saturated heterocycles. The molecule has 0 atom stereocenters. The van der Waals surface area contributed by atoms with Crippen LogP contribution in [-0.2, 0) is 13.6 Å². The fourth-order valence-corrected chi connectivity index (χ4v) is 1.56. The van der Waals surface area contributed by atoms with Gasteiger partial charge in [-0.15, -0.1) is 0 Å². The Morgan fingerprint density at radius 1 is 1.29 bits per heavy atom.